The van der Waals surface area contributed by atoms with Crippen LogP contribution in [0.15, 0.2) is 72.9 Å². The zero-order chi connectivity index (χ0) is 40.6. The Morgan fingerprint density at radius 1 is 0.582 bits per heavy atom. The summed E-state index contributed by atoms with van der Waals surface area (Å²) in [5.41, 5.74) is 0. The van der Waals surface area contributed by atoms with Gasteiger partial charge < -0.3 is 27.9 Å². The van der Waals surface area contributed by atoms with Gasteiger partial charge in [-0.1, -0.05) is 157 Å². The van der Waals surface area contributed by atoms with Crippen molar-refractivity contribution in [3.05, 3.63) is 72.9 Å². The Kier molecular flexibility index (Phi) is 37.3. The second-order valence-corrected chi connectivity index (χ2v) is 16.7. The zero-order valence-electron chi connectivity index (χ0n) is 35.8. The molecule has 8 nitrogen and oxygen atoms in total. The van der Waals surface area contributed by atoms with Crippen LogP contribution in [0, 0.1) is 0 Å². The molecule has 0 amide bonds. The number of carbonyl (C=O) groups excluding carboxylic acids is 1. The quantitative estimate of drug-likeness (QED) is 0.0201. The average Bonchev–Trinajstić information content (AvgIpc) is 3.13. The molecular formula is C46H82NO7P. The van der Waals surface area contributed by atoms with Gasteiger partial charge in [-0.05, 0) is 64.2 Å². The lowest BCUT2D eigenvalue weighted by molar-refractivity contribution is -0.870. The van der Waals surface area contributed by atoms with Crippen LogP contribution in [0.1, 0.15) is 155 Å². The molecule has 0 aliphatic heterocycles. The molecule has 55 heavy (non-hydrogen) atoms. The van der Waals surface area contributed by atoms with Crippen LogP contribution in [-0.2, 0) is 27.9 Å². The average molecular weight is 792 g/mol. The minimum Gasteiger partial charge on any atom is -0.756 e. The summed E-state index contributed by atoms with van der Waals surface area (Å²) in [6.45, 7) is 5.23. The molecule has 0 fully saturated rings. The molecule has 0 bridgehead atoms. The van der Waals surface area contributed by atoms with Crippen molar-refractivity contribution in [2.24, 2.45) is 0 Å². The maximum Gasteiger partial charge on any atom is 0.306 e. The van der Waals surface area contributed by atoms with E-state index in [9.17, 15) is 14.3 Å². The van der Waals surface area contributed by atoms with Gasteiger partial charge >= 0.3 is 5.97 Å². The summed E-state index contributed by atoms with van der Waals surface area (Å²) in [6, 6.07) is 0. The number of hydrogen-bond donors (Lipinski definition) is 0. The van der Waals surface area contributed by atoms with Crippen LogP contribution in [0.25, 0.3) is 0 Å². The zero-order valence-corrected chi connectivity index (χ0v) is 36.7. The van der Waals surface area contributed by atoms with Gasteiger partial charge in [0.2, 0.25) is 0 Å². The normalized spacial score (nSPS) is 14.5. The summed E-state index contributed by atoms with van der Waals surface area (Å²) >= 11 is 0. The monoisotopic (exact) mass is 792 g/mol. The van der Waals surface area contributed by atoms with Crippen molar-refractivity contribution < 1.29 is 37.3 Å². The number of rotatable bonds is 39. The minimum absolute atomic E-state index is 0.0179. The third kappa shape index (κ3) is 42.9. The molecule has 0 spiro atoms. The van der Waals surface area contributed by atoms with Crippen molar-refractivity contribution in [1.29, 1.82) is 0 Å². The lowest BCUT2D eigenvalue weighted by atomic mass is 10.1. The molecule has 318 valence electrons. The highest BCUT2D eigenvalue weighted by Crippen LogP contribution is 2.38. The highest BCUT2D eigenvalue weighted by molar-refractivity contribution is 7.45. The third-order valence-electron chi connectivity index (χ3n) is 8.77. The molecule has 0 saturated carbocycles. The van der Waals surface area contributed by atoms with Crippen molar-refractivity contribution in [1.82, 2.24) is 0 Å². The first kappa shape index (κ1) is 52.9. The summed E-state index contributed by atoms with van der Waals surface area (Å²) in [6.07, 6.45) is 49.1. The fourth-order valence-corrected chi connectivity index (χ4v) is 6.16. The number of nitrogens with zero attached hydrogens (tertiary/aromatic N) is 1. The summed E-state index contributed by atoms with van der Waals surface area (Å²) in [5.74, 6) is -0.361. The molecule has 0 aliphatic carbocycles. The van der Waals surface area contributed by atoms with Crippen LogP contribution in [0.3, 0.4) is 0 Å². The number of phosphoric acid groups is 1. The van der Waals surface area contributed by atoms with Gasteiger partial charge in [-0.25, -0.2) is 0 Å². The molecule has 0 aromatic heterocycles. The van der Waals surface area contributed by atoms with E-state index in [1.165, 1.54) is 51.4 Å². The Labute approximate surface area is 338 Å². The molecule has 0 aromatic carbocycles. The van der Waals surface area contributed by atoms with Crippen molar-refractivity contribution in [3.8, 4) is 0 Å². The van der Waals surface area contributed by atoms with E-state index in [0.717, 1.165) is 83.5 Å². The van der Waals surface area contributed by atoms with E-state index < -0.39 is 13.9 Å². The third-order valence-corrected chi connectivity index (χ3v) is 9.74. The van der Waals surface area contributed by atoms with E-state index in [1.54, 1.807) is 0 Å². The Bertz CT molecular complexity index is 1110. The second kappa shape index (κ2) is 38.8. The van der Waals surface area contributed by atoms with Crippen LogP contribution < -0.4 is 4.89 Å². The molecule has 2 unspecified atom stereocenters. The fraction of sp³-hybridized carbons (Fsp3) is 0.717. The van der Waals surface area contributed by atoms with Crippen LogP contribution in [0.5, 0.6) is 0 Å². The van der Waals surface area contributed by atoms with Crippen molar-refractivity contribution in [2.75, 3.05) is 54.1 Å². The van der Waals surface area contributed by atoms with Gasteiger partial charge in [-0.15, -0.1) is 0 Å². The SMILES string of the molecule is CC/C=C\C/C=C\C/C=C\C/C=C\C/C=C\C/C=C\CCCCCCC(=O)OC(COCCCCCCCCCCCC)COP(=O)([O-])OCC[N+](C)(C)C. The minimum atomic E-state index is -4.53. The van der Waals surface area contributed by atoms with Crippen molar-refractivity contribution in [3.63, 3.8) is 0 Å². The number of likely N-dealkylation sites (N-methyl/N-ethyl adjacent to an activating group) is 1. The van der Waals surface area contributed by atoms with Crippen molar-refractivity contribution >= 4 is 13.8 Å². The summed E-state index contributed by atoms with van der Waals surface area (Å²) in [7, 11) is 1.33. The predicted molar refractivity (Wildman–Crippen MR) is 231 cm³/mol. The van der Waals surface area contributed by atoms with E-state index in [-0.39, 0.29) is 32.2 Å². The molecule has 0 aliphatic rings. The van der Waals surface area contributed by atoms with E-state index in [4.69, 9.17) is 18.5 Å². The van der Waals surface area contributed by atoms with Gasteiger partial charge in [-0.3, -0.25) is 9.36 Å². The topological polar surface area (TPSA) is 94.1 Å². The Balaban J connectivity index is 4.26. The molecule has 0 saturated heterocycles. The maximum absolute atomic E-state index is 12.7. The van der Waals surface area contributed by atoms with Gasteiger partial charge in [-0.2, -0.15) is 0 Å². The largest absolute Gasteiger partial charge is 0.756 e. The summed E-state index contributed by atoms with van der Waals surface area (Å²) in [4.78, 5) is 25.0. The molecule has 0 N–H and O–H groups in total. The Morgan fingerprint density at radius 3 is 1.58 bits per heavy atom. The lowest BCUT2D eigenvalue weighted by Crippen LogP contribution is -2.37. The van der Waals surface area contributed by atoms with Crippen LogP contribution in [0.4, 0.5) is 0 Å². The van der Waals surface area contributed by atoms with Gasteiger partial charge in [0.1, 0.15) is 19.3 Å². The molecule has 9 heteroatoms. The Hall–Kier alpha value is -2.06. The molecule has 0 aromatic rings. The van der Waals surface area contributed by atoms with Crippen LogP contribution in [-0.4, -0.2) is 70.7 Å². The second-order valence-electron chi connectivity index (χ2n) is 15.3. The number of phosphoric ester groups is 1. The Morgan fingerprint density at radius 2 is 1.05 bits per heavy atom. The number of carbonyl (C=O) groups is 1. The number of unbranched alkanes of at least 4 members (excludes halogenated alkanes) is 13. The molecule has 0 radical (unpaired) electrons. The number of allylic oxidation sites excluding steroid dienone is 12. The molecule has 0 rings (SSSR count). The number of esters is 1. The van der Waals surface area contributed by atoms with E-state index >= 15 is 0 Å². The van der Waals surface area contributed by atoms with Gasteiger partial charge in [0.15, 0.2) is 0 Å². The highest BCUT2D eigenvalue weighted by Gasteiger charge is 2.20. The van der Waals surface area contributed by atoms with Gasteiger partial charge in [0.05, 0.1) is 34.4 Å². The van der Waals surface area contributed by atoms with E-state index in [1.807, 2.05) is 21.1 Å². The summed E-state index contributed by atoms with van der Waals surface area (Å²) in [5, 5.41) is 0. The lowest BCUT2D eigenvalue weighted by Gasteiger charge is -2.28. The number of hydrogen-bond acceptors (Lipinski definition) is 7. The van der Waals surface area contributed by atoms with Crippen molar-refractivity contribution in [2.45, 2.75) is 161 Å². The first-order chi connectivity index (χ1) is 26.6. The highest BCUT2D eigenvalue weighted by atomic mass is 31.2. The first-order valence-electron chi connectivity index (χ1n) is 21.7. The summed E-state index contributed by atoms with van der Waals surface area (Å²) < 4.78 is 34.5. The molecule has 0 heterocycles. The molecule has 2 atom stereocenters. The van der Waals surface area contributed by atoms with Gasteiger partial charge in [0.25, 0.3) is 7.82 Å². The van der Waals surface area contributed by atoms with Gasteiger partial charge in [0, 0.05) is 13.0 Å². The number of ether oxygens (including phenoxy) is 2. The predicted octanol–water partition coefficient (Wildman–Crippen LogP) is 12.1. The first-order valence-corrected chi connectivity index (χ1v) is 23.1. The van der Waals surface area contributed by atoms with Crippen LogP contribution >= 0.6 is 7.82 Å². The van der Waals surface area contributed by atoms with E-state index in [0.29, 0.717) is 17.6 Å². The number of quaternary nitrogens is 1. The van der Waals surface area contributed by atoms with E-state index in [2.05, 4.69) is 86.8 Å². The maximum atomic E-state index is 12.7. The smallest absolute Gasteiger partial charge is 0.306 e. The fourth-order valence-electron chi connectivity index (χ4n) is 5.43. The van der Waals surface area contributed by atoms with Crippen LogP contribution in [0.2, 0.25) is 0 Å². The molecular weight excluding hydrogens is 709 g/mol. The standard InChI is InChI=1S/C46H82NO7P/c1-6-8-10-12-14-16-18-19-20-21-22-23-24-25-26-27-28-29-30-31-33-35-37-39-46(48)54-45(44-53-55(49,50)52-42-40-47(3,4)5)43-51-41-38-36-34-32-17-15-13-11-9-7-2/h8,10,14,16,19-20,22-23,25-26,28-29,45H,6-7,9,11-13,15,17-18,21,24,27,30-44H2,1-5H3/b10-8-,16-14-,20-19-,23-22-,26-25-,29-28-.